The third-order valence-corrected chi connectivity index (χ3v) is 4.75. The summed E-state index contributed by atoms with van der Waals surface area (Å²) in [5.74, 6) is 3.73. The minimum atomic E-state index is 0. The molecule has 108 valence electrons. The first-order valence-corrected chi connectivity index (χ1v) is 7.69. The number of hydrogen-bond donors (Lipinski definition) is 0. The first-order chi connectivity index (χ1) is 8.65. The average Bonchev–Trinajstić information content (AvgIpc) is 2.36. The largest absolute Gasteiger partial charge is 0.147 e. The van der Waals surface area contributed by atoms with E-state index in [0.717, 1.165) is 23.7 Å². The van der Waals surface area contributed by atoms with Crippen molar-refractivity contribution >= 4 is 12.4 Å². The van der Waals surface area contributed by atoms with Crippen LogP contribution in [0, 0.1) is 23.7 Å². The van der Waals surface area contributed by atoms with Crippen molar-refractivity contribution < 1.29 is 0 Å². The Morgan fingerprint density at radius 1 is 1.00 bits per heavy atom. The Morgan fingerprint density at radius 2 is 1.58 bits per heavy atom. The first kappa shape index (κ1) is 16.6. The predicted octanol–water partition coefficient (Wildman–Crippen LogP) is 5.75. The van der Waals surface area contributed by atoms with Crippen LogP contribution in [0.5, 0.6) is 0 Å². The molecule has 3 unspecified atom stereocenters. The molecule has 1 saturated carbocycles. The zero-order valence-electron chi connectivity index (χ0n) is 12.6. The van der Waals surface area contributed by atoms with Gasteiger partial charge in [-0.15, -0.1) is 12.4 Å². The van der Waals surface area contributed by atoms with Crippen LogP contribution in [0.4, 0.5) is 0 Å². The van der Waals surface area contributed by atoms with Gasteiger partial charge in [-0.25, -0.2) is 0 Å². The van der Waals surface area contributed by atoms with Crippen LogP contribution in [0.2, 0.25) is 0 Å². The number of halogens is 1. The lowest BCUT2D eigenvalue weighted by molar-refractivity contribution is 0.163. The van der Waals surface area contributed by atoms with E-state index >= 15 is 0 Å². The van der Waals surface area contributed by atoms with Gasteiger partial charge in [-0.2, -0.15) is 0 Å². The molecule has 0 bridgehead atoms. The molecule has 19 heavy (non-hydrogen) atoms. The van der Waals surface area contributed by atoms with Crippen molar-refractivity contribution in [3.8, 4) is 0 Å². The van der Waals surface area contributed by atoms with Gasteiger partial charge in [0.15, 0.2) is 0 Å². The molecule has 1 aromatic rings. The van der Waals surface area contributed by atoms with Crippen molar-refractivity contribution in [3.63, 3.8) is 0 Å². The quantitative estimate of drug-likeness (QED) is 0.659. The molecule has 1 aromatic carbocycles. The van der Waals surface area contributed by atoms with Crippen LogP contribution in [0.25, 0.3) is 0 Å². The molecule has 1 aliphatic carbocycles. The summed E-state index contributed by atoms with van der Waals surface area (Å²) in [5, 5.41) is 0. The van der Waals surface area contributed by atoms with Gasteiger partial charge >= 0.3 is 0 Å². The van der Waals surface area contributed by atoms with E-state index < -0.39 is 0 Å². The van der Waals surface area contributed by atoms with Crippen LogP contribution in [0.15, 0.2) is 30.3 Å². The summed E-state index contributed by atoms with van der Waals surface area (Å²) in [6, 6.07) is 10.9. The standard InChI is InChI=1S/C18H28.ClH/c1-14-11-15(2)13-18(12-14)16(3)9-10-17-7-5-4-6-8-17;/h4-8,14-16,18H,9-13H2,1-3H3;1H. The summed E-state index contributed by atoms with van der Waals surface area (Å²) >= 11 is 0. The van der Waals surface area contributed by atoms with Gasteiger partial charge in [0.05, 0.1) is 0 Å². The van der Waals surface area contributed by atoms with Crippen molar-refractivity contribution in [1.82, 2.24) is 0 Å². The van der Waals surface area contributed by atoms with Crippen LogP contribution >= 0.6 is 12.4 Å². The van der Waals surface area contributed by atoms with Crippen molar-refractivity contribution in [3.05, 3.63) is 35.9 Å². The fraction of sp³-hybridized carbons (Fsp3) is 0.667. The molecule has 3 atom stereocenters. The second-order valence-corrected chi connectivity index (χ2v) is 6.68. The highest BCUT2D eigenvalue weighted by molar-refractivity contribution is 5.85. The lowest BCUT2D eigenvalue weighted by Crippen LogP contribution is -2.24. The van der Waals surface area contributed by atoms with Gasteiger partial charge in [-0.05, 0) is 61.3 Å². The van der Waals surface area contributed by atoms with Crippen LogP contribution in [-0.2, 0) is 6.42 Å². The van der Waals surface area contributed by atoms with Crippen molar-refractivity contribution in [2.75, 3.05) is 0 Å². The summed E-state index contributed by atoms with van der Waals surface area (Å²) in [6.07, 6.45) is 6.97. The van der Waals surface area contributed by atoms with E-state index in [4.69, 9.17) is 0 Å². The monoisotopic (exact) mass is 280 g/mol. The maximum Gasteiger partial charge on any atom is -0.0276 e. The van der Waals surface area contributed by atoms with E-state index in [1.807, 2.05) is 0 Å². The van der Waals surface area contributed by atoms with Gasteiger partial charge in [0.1, 0.15) is 0 Å². The molecule has 0 aromatic heterocycles. The second-order valence-electron chi connectivity index (χ2n) is 6.68. The molecule has 0 amide bonds. The highest BCUT2D eigenvalue weighted by Crippen LogP contribution is 2.38. The molecule has 0 N–H and O–H groups in total. The van der Waals surface area contributed by atoms with Crippen molar-refractivity contribution in [1.29, 1.82) is 0 Å². The van der Waals surface area contributed by atoms with E-state index in [0.29, 0.717) is 0 Å². The summed E-state index contributed by atoms with van der Waals surface area (Å²) in [4.78, 5) is 0. The minimum absolute atomic E-state index is 0. The number of benzene rings is 1. The molecule has 0 aliphatic heterocycles. The van der Waals surface area contributed by atoms with Gasteiger partial charge in [-0.1, -0.05) is 51.1 Å². The number of rotatable bonds is 4. The highest BCUT2D eigenvalue weighted by Gasteiger charge is 2.27. The molecular weight excluding hydrogens is 252 g/mol. The average molecular weight is 281 g/mol. The third kappa shape index (κ3) is 5.18. The molecule has 0 nitrogen and oxygen atoms in total. The topological polar surface area (TPSA) is 0 Å². The molecule has 0 saturated heterocycles. The molecule has 0 radical (unpaired) electrons. The Bertz CT molecular complexity index is 336. The molecule has 2 rings (SSSR count). The van der Waals surface area contributed by atoms with Gasteiger partial charge in [-0.3, -0.25) is 0 Å². The van der Waals surface area contributed by atoms with E-state index in [1.165, 1.54) is 37.7 Å². The number of hydrogen-bond acceptors (Lipinski definition) is 0. The van der Waals surface area contributed by atoms with Crippen LogP contribution < -0.4 is 0 Å². The normalized spacial score (nSPS) is 28.5. The maximum atomic E-state index is 2.47. The smallest absolute Gasteiger partial charge is 0.0276 e. The Kier molecular flexibility index (Phi) is 6.93. The zero-order valence-corrected chi connectivity index (χ0v) is 13.5. The van der Waals surface area contributed by atoms with E-state index in [-0.39, 0.29) is 12.4 Å². The lowest BCUT2D eigenvalue weighted by Gasteiger charge is -2.35. The molecule has 1 fully saturated rings. The van der Waals surface area contributed by atoms with E-state index in [9.17, 15) is 0 Å². The number of aryl methyl sites for hydroxylation is 1. The van der Waals surface area contributed by atoms with Crippen LogP contribution in [0.1, 0.15) is 52.0 Å². The fourth-order valence-electron chi connectivity index (χ4n) is 3.75. The minimum Gasteiger partial charge on any atom is -0.147 e. The van der Waals surface area contributed by atoms with Crippen LogP contribution in [0.3, 0.4) is 0 Å². The summed E-state index contributed by atoms with van der Waals surface area (Å²) < 4.78 is 0. The van der Waals surface area contributed by atoms with Gasteiger partial charge in [0.25, 0.3) is 0 Å². The maximum absolute atomic E-state index is 2.47. The Hall–Kier alpha value is -0.490. The first-order valence-electron chi connectivity index (χ1n) is 7.69. The molecular formula is C18H29Cl. The van der Waals surface area contributed by atoms with Crippen LogP contribution in [-0.4, -0.2) is 0 Å². The predicted molar refractivity (Wildman–Crippen MR) is 86.8 cm³/mol. The summed E-state index contributed by atoms with van der Waals surface area (Å²) in [5.41, 5.74) is 1.50. The SMILES string of the molecule is CC1CC(C)CC(C(C)CCc2ccccc2)C1.Cl. The molecule has 0 spiro atoms. The molecule has 1 aliphatic rings. The van der Waals surface area contributed by atoms with Crippen molar-refractivity contribution in [2.24, 2.45) is 23.7 Å². The van der Waals surface area contributed by atoms with Gasteiger partial charge in [0, 0.05) is 0 Å². The Labute approximate surface area is 125 Å². The van der Waals surface area contributed by atoms with E-state index in [1.54, 1.807) is 0 Å². The molecule has 0 heterocycles. The lowest BCUT2D eigenvalue weighted by atomic mass is 9.71. The zero-order chi connectivity index (χ0) is 13.0. The van der Waals surface area contributed by atoms with Crippen molar-refractivity contribution in [2.45, 2.75) is 52.9 Å². The second kappa shape index (κ2) is 7.94. The third-order valence-electron chi connectivity index (χ3n) is 4.75. The fourth-order valence-corrected chi connectivity index (χ4v) is 3.75. The Balaban J connectivity index is 0.00000180. The highest BCUT2D eigenvalue weighted by atomic mass is 35.5. The Morgan fingerprint density at radius 3 is 2.16 bits per heavy atom. The summed E-state index contributed by atoms with van der Waals surface area (Å²) in [7, 11) is 0. The summed E-state index contributed by atoms with van der Waals surface area (Å²) in [6.45, 7) is 7.34. The molecule has 1 heteroatoms. The van der Waals surface area contributed by atoms with Gasteiger partial charge in [0.2, 0.25) is 0 Å². The van der Waals surface area contributed by atoms with E-state index in [2.05, 4.69) is 51.1 Å². The van der Waals surface area contributed by atoms with Gasteiger partial charge < -0.3 is 0 Å².